The van der Waals surface area contributed by atoms with E-state index in [0.717, 1.165) is 35.5 Å². The van der Waals surface area contributed by atoms with E-state index < -0.39 is 0 Å². The highest BCUT2D eigenvalue weighted by atomic mass is 32.1. The van der Waals surface area contributed by atoms with Crippen LogP contribution in [0.2, 0.25) is 0 Å². The summed E-state index contributed by atoms with van der Waals surface area (Å²) in [6.45, 7) is 28.3. The zero-order valence-electron chi connectivity index (χ0n) is 41.8. The second-order valence-corrected chi connectivity index (χ2v) is 25.5. The Kier molecular flexibility index (Phi) is 8.42. The highest BCUT2D eigenvalue weighted by Gasteiger charge is 2.53. The van der Waals surface area contributed by atoms with Gasteiger partial charge in [0, 0.05) is 59.3 Å². The van der Waals surface area contributed by atoms with Crippen LogP contribution in [0.3, 0.4) is 0 Å². The van der Waals surface area contributed by atoms with Gasteiger partial charge in [0.25, 0.3) is 0 Å². The summed E-state index contributed by atoms with van der Waals surface area (Å²) < 4.78 is 10.4. The molecule has 0 radical (unpaired) electrons. The Balaban J connectivity index is 1.22. The van der Waals surface area contributed by atoms with Gasteiger partial charge in [0.05, 0.1) is 5.69 Å². The average Bonchev–Trinajstić information content (AvgIpc) is 3.93. The topological polar surface area (TPSA) is 19.6 Å². The standard InChI is InChI=1S/C63H61BN2OS/c1-59(2,3)36-21-25-38(26-22-36)65-50-33-43-40-17-13-15-19-46(40)63(11,12)55(43)54-44-34-53-42(41-18-14-16-20-52(41)68-53)32-49(44)66(39-27-23-37(24-28-39)60(4,5)6)64(56(50)54)58-57(65)45-31-47-48(35-51(45)67-58)62(9,10)30-29-61(47,7)8/h13-28,31-35H,29-30H2,1-12H3. The first-order valence-electron chi connectivity index (χ1n) is 24.9. The Morgan fingerprint density at radius 3 is 1.84 bits per heavy atom. The molecule has 0 spiro atoms. The van der Waals surface area contributed by atoms with Crippen molar-refractivity contribution in [2.75, 3.05) is 9.71 Å². The van der Waals surface area contributed by atoms with E-state index in [-0.39, 0.29) is 33.9 Å². The fourth-order valence-corrected chi connectivity index (χ4v) is 14.0. The van der Waals surface area contributed by atoms with Crippen LogP contribution in [0.1, 0.15) is 129 Å². The summed E-state index contributed by atoms with van der Waals surface area (Å²) in [6, 6.07) is 49.7. The van der Waals surface area contributed by atoms with Crippen LogP contribution in [0.5, 0.6) is 0 Å². The number of thiophene rings is 1. The molecule has 0 atom stereocenters. The van der Waals surface area contributed by atoms with E-state index in [9.17, 15) is 0 Å². The highest BCUT2D eigenvalue weighted by Crippen LogP contribution is 2.59. The summed E-state index contributed by atoms with van der Waals surface area (Å²) in [5.41, 5.74) is 22.6. The van der Waals surface area contributed by atoms with Crippen LogP contribution in [0.4, 0.5) is 28.4 Å². The molecule has 9 aromatic rings. The number of furan rings is 1. The number of hydrogen-bond acceptors (Lipinski definition) is 4. The minimum absolute atomic E-state index is 0.0153. The molecular formula is C63H61BN2OS. The predicted molar refractivity (Wildman–Crippen MR) is 293 cm³/mol. The SMILES string of the molecule is CC(C)(C)c1ccc(N2B3c4oc5cc6c(cc5c4N(c4ccc(C(C)(C)C)cc4)c4cc5c(c(c43)-c3cc4sc7ccccc7c4cc32)C(C)(C)c2ccccc2-5)C(C)(C)CCC6(C)C)cc1. The van der Waals surface area contributed by atoms with E-state index in [0.29, 0.717) is 0 Å². The number of hydrogen-bond donors (Lipinski definition) is 0. The van der Waals surface area contributed by atoms with Crippen molar-refractivity contribution >= 4 is 88.9 Å². The Labute approximate surface area is 406 Å². The van der Waals surface area contributed by atoms with Gasteiger partial charge < -0.3 is 14.1 Å². The molecule has 4 aliphatic rings. The van der Waals surface area contributed by atoms with Gasteiger partial charge in [-0.15, -0.1) is 11.3 Å². The third kappa shape index (κ3) is 5.72. The minimum Gasteiger partial charge on any atom is -0.466 e. The van der Waals surface area contributed by atoms with Gasteiger partial charge in [0.2, 0.25) is 0 Å². The van der Waals surface area contributed by atoms with Gasteiger partial charge in [0.15, 0.2) is 0 Å². The number of benzene rings is 7. The minimum atomic E-state index is -0.259. The van der Waals surface area contributed by atoms with Crippen LogP contribution in [-0.2, 0) is 27.1 Å². The van der Waals surface area contributed by atoms with Crippen molar-refractivity contribution in [2.24, 2.45) is 0 Å². The Bertz CT molecular complexity index is 3630. The van der Waals surface area contributed by atoms with E-state index in [1.165, 1.54) is 104 Å². The van der Waals surface area contributed by atoms with E-state index in [1.54, 1.807) is 0 Å². The summed E-state index contributed by atoms with van der Waals surface area (Å²) >= 11 is 1.91. The molecule has 2 aromatic heterocycles. The summed E-state index contributed by atoms with van der Waals surface area (Å²) in [5.74, 6) is 0. The van der Waals surface area contributed by atoms with Gasteiger partial charge in [-0.1, -0.05) is 150 Å². The molecule has 3 nitrogen and oxygen atoms in total. The van der Waals surface area contributed by atoms with Gasteiger partial charge in [-0.2, -0.15) is 0 Å². The summed E-state index contributed by atoms with van der Waals surface area (Å²) in [6.07, 6.45) is 2.29. The average molecular weight is 905 g/mol. The van der Waals surface area contributed by atoms with E-state index in [2.05, 4.69) is 220 Å². The maximum absolute atomic E-state index is 7.74. The third-order valence-electron chi connectivity index (χ3n) is 16.8. The maximum Gasteiger partial charge on any atom is 0.375 e. The molecule has 7 aromatic carbocycles. The molecule has 0 fully saturated rings. The third-order valence-corrected chi connectivity index (χ3v) is 17.9. The molecule has 0 amide bonds. The molecule has 0 saturated carbocycles. The summed E-state index contributed by atoms with van der Waals surface area (Å²) in [7, 11) is 0. The second-order valence-electron chi connectivity index (χ2n) is 24.4. The lowest BCUT2D eigenvalue weighted by Crippen LogP contribution is -2.61. The highest BCUT2D eigenvalue weighted by molar-refractivity contribution is 7.25. The first kappa shape index (κ1) is 42.1. The number of fused-ring (bicyclic) bond motifs is 14. The smallest absolute Gasteiger partial charge is 0.375 e. The monoisotopic (exact) mass is 904 g/mol. The molecule has 0 bridgehead atoms. The zero-order chi connectivity index (χ0) is 47.2. The van der Waals surface area contributed by atoms with E-state index >= 15 is 0 Å². The van der Waals surface area contributed by atoms with Crippen molar-refractivity contribution in [3.8, 4) is 22.3 Å². The van der Waals surface area contributed by atoms with Crippen LogP contribution < -0.4 is 20.8 Å². The number of nitrogens with zero attached hydrogens (tertiary/aromatic N) is 2. The maximum atomic E-state index is 7.74. The lowest BCUT2D eigenvalue weighted by molar-refractivity contribution is 0.332. The van der Waals surface area contributed by atoms with Crippen LogP contribution in [0, 0.1) is 0 Å². The molecule has 338 valence electrons. The zero-order valence-corrected chi connectivity index (χ0v) is 42.6. The fraction of sp³-hybridized carbons (Fsp3) is 0.302. The predicted octanol–water partition coefficient (Wildman–Crippen LogP) is 16.8. The lowest BCUT2D eigenvalue weighted by atomic mass is 9.45. The van der Waals surface area contributed by atoms with E-state index in [1.807, 2.05) is 11.3 Å². The molecular weight excluding hydrogens is 844 g/mol. The van der Waals surface area contributed by atoms with Gasteiger partial charge in [-0.05, 0) is 151 Å². The van der Waals surface area contributed by atoms with E-state index in [4.69, 9.17) is 4.42 Å². The quantitative estimate of drug-likeness (QED) is 0.161. The van der Waals surface area contributed by atoms with Gasteiger partial charge >= 0.3 is 6.85 Å². The number of rotatable bonds is 2. The largest absolute Gasteiger partial charge is 0.466 e. The Morgan fingerprint density at radius 1 is 0.544 bits per heavy atom. The van der Waals surface area contributed by atoms with Crippen molar-refractivity contribution in [3.63, 3.8) is 0 Å². The Hall–Kier alpha value is -6.04. The van der Waals surface area contributed by atoms with Gasteiger partial charge in [-0.25, -0.2) is 0 Å². The summed E-state index contributed by atoms with van der Waals surface area (Å²) in [5, 5.41) is 3.80. The van der Waals surface area contributed by atoms with Gasteiger partial charge in [-0.3, -0.25) is 0 Å². The first-order valence-corrected chi connectivity index (χ1v) is 25.7. The van der Waals surface area contributed by atoms with Crippen LogP contribution in [0.15, 0.2) is 132 Å². The molecule has 5 heteroatoms. The van der Waals surface area contributed by atoms with Gasteiger partial charge in [0.1, 0.15) is 11.2 Å². The Morgan fingerprint density at radius 2 is 1.16 bits per heavy atom. The van der Waals surface area contributed by atoms with Crippen molar-refractivity contribution in [2.45, 2.75) is 123 Å². The first-order chi connectivity index (χ1) is 32.2. The molecule has 0 saturated heterocycles. The van der Waals surface area contributed by atoms with Crippen molar-refractivity contribution in [1.82, 2.24) is 0 Å². The molecule has 0 unspecified atom stereocenters. The summed E-state index contributed by atoms with van der Waals surface area (Å²) in [4.78, 5) is 5.27. The fourth-order valence-electron chi connectivity index (χ4n) is 12.8. The molecule has 4 heterocycles. The normalized spacial score (nSPS) is 17.3. The molecule has 13 rings (SSSR count). The second kappa shape index (κ2) is 13.6. The van der Waals surface area contributed by atoms with Crippen molar-refractivity contribution < 1.29 is 4.42 Å². The van der Waals surface area contributed by atoms with Crippen LogP contribution in [-0.4, -0.2) is 6.85 Å². The van der Waals surface area contributed by atoms with Crippen molar-refractivity contribution in [3.05, 3.63) is 161 Å². The van der Waals surface area contributed by atoms with Crippen molar-refractivity contribution in [1.29, 1.82) is 0 Å². The molecule has 68 heavy (non-hydrogen) atoms. The number of anilines is 5. The lowest BCUT2D eigenvalue weighted by Gasteiger charge is -2.45. The van der Waals surface area contributed by atoms with Crippen LogP contribution >= 0.6 is 11.3 Å². The van der Waals surface area contributed by atoms with Crippen LogP contribution in [0.25, 0.3) is 53.4 Å². The molecule has 2 aliphatic carbocycles. The molecule has 0 N–H and O–H groups in total. The molecule has 2 aliphatic heterocycles.